The Hall–Kier alpha value is -1.81. The van der Waals surface area contributed by atoms with Gasteiger partial charge in [0.1, 0.15) is 5.75 Å². The van der Waals surface area contributed by atoms with Crippen LogP contribution in [0.5, 0.6) is 5.75 Å². The molecule has 0 aromatic heterocycles. The van der Waals surface area contributed by atoms with Gasteiger partial charge in [-0.05, 0) is 49.8 Å². The van der Waals surface area contributed by atoms with E-state index in [1.54, 1.807) is 5.57 Å². The molecule has 4 nitrogen and oxygen atoms in total. The highest BCUT2D eigenvalue weighted by atomic mass is 16.5. The van der Waals surface area contributed by atoms with Crippen LogP contribution < -0.4 is 9.64 Å². The molecule has 0 saturated carbocycles. The van der Waals surface area contributed by atoms with Gasteiger partial charge in [0.15, 0.2) is 6.61 Å². The average Bonchev–Trinajstić information content (AvgIpc) is 2.63. The Morgan fingerprint density at radius 2 is 2.00 bits per heavy atom. The molecule has 2 aliphatic rings. The molecule has 1 amide bonds. The van der Waals surface area contributed by atoms with Crippen molar-refractivity contribution in [3.63, 3.8) is 0 Å². The number of rotatable bonds is 6. The molecule has 0 aliphatic carbocycles. The number of unbranched alkanes of at least 4 members (excludes halogenated alkanes) is 1. The number of hydrogen-bond acceptors (Lipinski definition) is 3. The number of ether oxygens (including phenoxy) is 1. The van der Waals surface area contributed by atoms with Gasteiger partial charge in [0.2, 0.25) is 0 Å². The van der Waals surface area contributed by atoms with Gasteiger partial charge in [-0.15, -0.1) is 0 Å². The van der Waals surface area contributed by atoms with Crippen molar-refractivity contribution >= 4 is 11.6 Å². The summed E-state index contributed by atoms with van der Waals surface area (Å²) < 4.78 is 5.59. The number of allylic oxidation sites excluding steroid dienone is 1. The van der Waals surface area contributed by atoms with Crippen LogP contribution in [0.3, 0.4) is 0 Å². The average molecular weight is 357 g/mol. The molecular weight excluding hydrogens is 324 g/mol. The van der Waals surface area contributed by atoms with Crippen LogP contribution in [0.2, 0.25) is 0 Å². The lowest BCUT2D eigenvalue weighted by atomic mass is 10.0. The molecule has 26 heavy (non-hydrogen) atoms. The Bertz CT molecular complexity index is 658. The van der Waals surface area contributed by atoms with E-state index in [2.05, 4.69) is 37.8 Å². The first-order valence-corrected chi connectivity index (χ1v) is 10.0. The zero-order chi connectivity index (χ0) is 18.5. The molecule has 142 valence electrons. The molecule has 4 heteroatoms. The van der Waals surface area contributed by atoms with Crippen molar-refractivity contribution < 1.29 is 9.53 Å². The molecule has 0 unspecified atom stereocenters. The maximum absolute atomic E-state index is 12.4. The highest BCUT2D eigenvalue weighted by molar-refractivity contribution is 5.97. The van der Waals surface area contributed by atoms with Crippen LogP contribution in [-0.2, 0) is 4.79 Å². The number of aryl methyl sites for hydroxylation is 1. The maximum atomic E-state index is 12.4. The summed E-state index contributed by atoms with van der Waals surface area (Å²) in [4.78, 5) is 16.9. The number of benzene rings is 1. The molecule has 0 N–H and O–H groups in total. The second-order valence-electron chi connectivity index (χ2n) is 7.82. The number of amides is 1. The number of carbonyl (C=O) groups excluding carboxylic acids is 1. The molecule has 1 atom stereocenters. The molecule has 3 rings (SSSR count). The summed E-state index contributed by atoms with van der Waals surface area (Å²) in [6, 6.07) is 6.07. The van der Waals surface area contributed by atoms with E-state index in [9.17, 15) is 4.79 Å². The zero-order valence-electron chi connectivity index (χ0n) is 16.5. The van der Waals surface area contributed by atoms with Gasteiger partial charge in [-0.25, -0.2) is 0 Å². The first-order valence-electron chi connectivity index (χ1n) is 10.0. The molecular formula is C22H32N2O2. The Morgan fingerprint density at radius 1 is 1.23 bits per heavy atom. The highest BCUT2D eigenvalue weighted by Gasteiger charge is 2.27. The topological polar surface area (TPSA) is 32.8 Å². The van der Waals surface area contributed by atoms with Gasteiger partial charge in [0.25, 0.3) is 5.91 Å². The number of likely N-dealkylation sites (tertiary alicyclic amines) is 1. The molecule has 2 aliphatic heterocycles. The molecule has 0 radical (unpaired) electrons. The van der Waals surface area contributed by atoms with Gasteiger partial charge >= 0.3 is 0 Å². The van der Waals surface area contributed by atoms with Crippen molar-refractivity contribution in [1.82, 2.24) is 4.90 Å². The van der Waals surface area contributed by atoms with E-state index >= 15 is 0 Å². The van der Waals surface area contributed by atoms with Gasteiger partial charge in [-0.1, -0.05) is 38.0 Å². The van der Waals surface area contributed by atoms with Crippen molar-refractivity contribution in [2.24, 2.45) is 5.92 Å². The summed E-state index contributed by atoms with van der Waals surface area (Å²) in [5.41, 5.74) is 3.71. The van der Waals surface area contributed by atoms with Gasteiger partial charge in [-0.2, -0.15) is 0 Å². The summed E-state index contributed by atoms with van der Waals surface area (Å²) in [6.45, 7) is 10.8. The molecule has 1 fully saturated rings. The maximum Gasteiger partial charge on any atom is 0.265 e. The van der Waals surface area contributed by atoms with Crippen LogP contribution in [0.4, 0.5) is 5.69 Å². The first-order chi connectivity index (χ1) is 12.6. The number of fused-ring (bicyclic) bond motifs is 1. The van der Waals surface area contributed by atoms with Crippen molar-refractivity contribution in [2.75, 3.05) is 37.7 Å². The molecule has 1 saturated heterocycles. The molecule has 0 bridgehead atoms. The van der Waals surface area contributed by atoms with Gasteiger partial charge in [0, 0.05) is 26.2 Å². The third kappa shape index (κ3) is 4.67. The number of anilines is 1. The number of carbonyl (C=O) groups is 1. The van der Waals surface area contributed by atoms with Crippen molar-refractivity contribution in [2.45, 2.75) is 46.5 Å². The van der Waals surface area contributed by atoms with Gasteiger partial charge in [0.05, 0.1) is 5.69 Å². The van der Waals surface area contributed by atoms with Crippen LogP contribution in [0.1, 0.15) is 45.1 Å². The first kappa shape index (κ1) is 19.0. The summed E-state index contributed by atoms with van der Waals surface area (Å²) in [7, 11) is 0. The minimum absolute atomic E-state index is 0.0679. The second-order valence-corrected chi connectivity index (χ2v) is 7.82. The van der Waals surface area contributed by atoms with E-state index in [-0.39, 0.29) is 12.5 Å². The second kappa shape index (κ2) is 8.72. The number of nitrogens with zero attached hydrogens (tertiary/aromatic N) is 2. The van der Waals surface area contributed by atoms with E-state index in [0.717, 1.165) is 43.2 Å². The predicted molar refractivity (Wildman–Crippen MR) is 107 cm³/mol. The van der Waals surface area contributed by atoms with Crippen LogP contribution in [0.25, 0.3) is 0 Å². The van der Waals surface area contributed by atoms with Gasteiger partial charge < -0.3 is 14.5 Å². The van der Waals surface area contributed by atoms with E-state index in [4.69, 9.17) is 4.74 Å². The van der Waals surface area contributed by atoms with Crippen molar-refractivity contribution in [1.29, 1.82) is 0 Å². The van der Waals surface area contributed by atoms with Crippen molar-refractivity contribution in [3.8, 4) is 5.75 Å². The predicted octanol–water partition coefficient (Wildman–Crippen LogP) is 4.18. The van der Waals surface area contributed by atoms with Crippen LogP contribution in [0.15, 0.2) is 29.8 Å². The molecule has 1 aromatic rings. The van der Waals surface area contributed by atoms with Gasteiger partial charge in [-0.3, -0.25) is 4.79 Å². The Labute approximate surface area is 157 Å². The Balaban J connectivity index is 1.56. The van der Waals surface area contributed by atoms with Crippen molar-refractivity contribution in [3.05, 3.63) is 35.4 Å². The summed E-state index contributed by atoms with van der Waals surface area (Å²) in [6.07, 6.45) is 7.28. The fraction of sp³-hybridized carbons (Fsp3) is 0.591. The largest absolute Gasteiger partial charge is 0.482 e. The number of piperidine rings is 1. The number of hydrogen-bond donors (Lipinski definition) is 0. The smallest absolute Gasteiger partial charge is 0.265 e. The highest BCUT2D eigenvalue weighted by Crippen LogP contribution is 2.33. The Morgan fingerprint density at radius 3 is 2.73 bits per heavy atom. The molecule has 2 heterocycles. The van der Waals surface area contributed by atoms with E-state index < -0.39 is 0 Å². The Kier molecular flexibility index (Phi) is 6.36. The fourth-order valence-electron chi connectivity index (χ4n) is 3.90. The van der Waals surface area contributed by atoms with Crippen LogP contribution in [0, 0.1) is 12.8 Å². The normalized spacial score (nSPS) is 19.1. The lowest BCUT2D eigenvalue weighted by molar-refractivity contribution is -0.121. The van der Waals surface area contributed by atoms with Crippen LogP contribution >= 0.6 is 0 Å². The fourth-order valence-corrected chi connectivity index (χ4v) is 3.90. The standard InChI is InChI=1S/C22H32N2O2/c1-4-5-6-19-9-11-23(12-10-19)14-18(3)15-24-20-13-17(2)7-8-21(20)26-16-22(24)25/h6-8,13,18H,4-5,9-12,14-16H2,1-3H3/t18-/m1/s1. The quantitative estimate of drug-likeness (QED) is 0.717. The lowest BCUT2D eigenvalue weighted by Gasteiger charge is -2.35. The third-order valence-corrected chi connectivity index (χ3v) is 5.34. The van der Waals surface area contributed by atoms with E-state index in [1.807, 2.05) is 17.0 Å². The lowest BCUT2D eigenvalue weighted by Crippen LogP contribution is -2.44. The van der Waals surface area contributed by atoms with Crippen LogP contribution in [-0.4, -0.2) is 43.6 Å². The zero-order valence-corrected chi connectivity index (χ0v) is 16.5. The summed E-state index contributed by atoms with van der Waals surface area (Å²) in [5, 5.41) is 0. The monoisotopic (exact) mass is 356 g/mol. The third-order valence-electron chi connectivity index (χ3n) is 5.34. The molecule has 0 spiro atoms. The SMILES string of the molecule is CCCC=C1CCN(C[C@@H](C)CN2C(=O)COc3ccc(C)cc32)CC1. The summed E-state index contributed by atoms with van der Waals surface area (Å²) >= 11 is 0. The molecule has 1 aromatic carbocycles. The van der Waals surface area contributed by atoms with E-state index in [0.29, 0.717) is 5.92 Å². The minimum Gasteiger partial charge on any atom is -0.482 e. The summed E-state index contributed by atoms with van der Waals surface area (Å²) in [5.74, 6) is 1.33. The minimum atomic E-state index is 0.0679. The van der Waals surface area contributed by atoms with E-state index in [1.165, 1.54) is 25.7 Å².